The first-order valence-electron chi connectivity index (χ1n) is 8.34. The standard InChI is InChI=1S/C19H28O2/c1-5-11-21-17-12-13(2)18(15(4)14(17)3)19(20)16-9-7-6-8-10-16/h12,16H,5-11H2,1-4H3. The van der Waals surface area contributed by atoms with Gasteiger partial charge < -0.3 is 4.74 Å². The van der Waals surface area contributed by atoms with Crippen LogP contribution in [0.4, 0.5) is 0 Å². The minimum absolute atomic E-state index is 0.234. The molecule has 0 N–H and O–H groups in total. The van der Waals surface area contributed by atoms with Crippen molar-refractivity contribution in [2.24, 2.45) is 5.92 Å². The number of rotatable bonds is 5. The van der Waals surface area contributed by atoms with Gasteiger partial charge in [0.05, 0.1) is 6.61 Å². The van der Waals surface area contributed by atoms with Crippen LogP contribution in [0.5, 0.6) is 5.75 Å². The van der Waals surface area contributed by atoms with E-state index in [1.54, 1.807) is 0 Å². The molecule has 0 radical (unpaired) electrons. The van der Waals surface area contributed by atoms with Gasteiger partial charge in [-0.25, -0.2) is 0 Å². The van der Waals surface area contributed by atoms with Gasteiger partial charge in [-0.2, -0.15) is 0 Å². The predicted octanol–water partition coefficient (Wildman–Crippen LogP) is 5.16. The third-order valence-electron chi connectivity index (χ3n) is 4.73. The zero-order valence-corrected chi connectivity index (χ0v) is 13.9. The monoisotopic (exact) mass is 288 g/mol. The second-order valence-corrected chi connectivity index (χ2v) is 6.36. The molecule has 0 amide bonds. The van der Waals surface area contributed by atoms with E-state index in [-0.39, 0.29) is 5.92 Å². The maximum atomic E-state index is 12.9. The van der Waals surface area contributed by atoms with Crippen molar-refractivity contribution in [3.05, 3.63) is 28.3 Å². The van der Waals surface area contributed by atoms with E-state index in [0.29, 0.717) is 5.78 Å². The smallest absolute Gasteiger partial charge is 0.166 e. The average molecular weight is 288 g/mol. The van der Waals surface area contributed by atoms with E-state index < -0.39 is 0 Å². The van der Waals surface area contributed by atoms with Crippen molar-refractivity contribution in [3.63, 3.8) is 0 Å². The van der Waals surface area contributed by atoms with Gasteiger partial charge >= 0.3 is 0 Å². The van der Waals surface area contributed by atoms with E-state index in [9.17, 15) is 4.79 Å². The summed E-state index contributed by atoms with van der Waals surface area (Å²) >= 11 is 0. The van der Waals surface area contributed by atoms with Gasteiger partial charge in [-0.1, -0.05) is 26.2 Å². The van der Waals surface area contributed by atoms with Crippen molar-refractivity contribution in [2.45, 2.75) is 66.2 Å². The van der Waals surface area contributed by atoms with Crippen molar-refractivity contribution in [1.82, 2.24) is 0 Å². The number of Topliss-reactive ketones (excluding diaryl/α,β-unsaturated/α-hetero) is 1. The van der Waals surface area contributed by atoms with Gasteiger partial charge in [0, 0.05) is 11.5 Å². The van der Waals surface area contributed by atoms with Gasteiger partial charge in [0.1, 0.15) is 5.75 Å². The second-order valence-electron chi connectivity index (χ2n) is 6.36. The van der Waals surface area contributed by atoms with Crippen LogP contribution < -0.4 is 4.74 Å². The molecule has 1 fully saturated rings. The Morgan fingerprint density at radius 1 is 1.14 bits per heavy atom. The van der Waals surface area contributed by atoms with Crippen LogP contribution in [0.2, 0.25) is 0 Å². The highest BCUT2D eigenvalue weighted by Crippen LogP contribution is 2.33. The first-order valence-corrected chi connectivity index (χ1v) is 8.34. The van der Waals surface area contributed by atoms with Crippen LogP contribution in [0.25, 0.3) is 0 Å². The van der Waals surface area contributed by atoms with E-state index >= 15 is 0 Å². The lowest BCUT2D eigenvalue weighted by Gasteiger charge is -2.23. The molecule has 0 aromatic heterocycles. The summed E-state index contributed by atoms with van der Waals surface area (Å²) in [7, 11) is 0. The summed E-state index contributed by atoms with van der Waals surface area (Å²) in [6.07, 6.45) is 6.80. The number of aryl methyl sites for hydroxylation is 1. The zero-order valence-electron chi connectivity index (χ0n) is 13.9. The average Bonchev–Trinajstić information content (AvgIpc) is 2.50. The summed E-state index contributed by atoms with van der Waals surface area (Å²) in [5.41, 5.74) is 4.24. The van der Waals surface area contributed by atoms with Crippen molar-refractivity contribution in [2.75, 3.05) is 6.61 Å². The molecule has 0 aliphatic heterocycles. The molecule has 116 valence electrons. The molecule has 2 rings (SSSR count). The van der Waals surface area contributed by atoms with Crippen molar-refractivity contribution in [3.8, 4) is 5.75 Å². The molecule has 0 saturated heterocycles. The van der Waals surface area contributed by atoms with Crippen LogP contribution in [0, 0.1) is 26.7 Å². The molecular weight excluding hydrogens is 260 g/mol. The Balaban J connectivity index is 2.31. The summed E-state index contributed by atoms with van der Waals surface area (Å²) in [5, 5.41) is 0. The van der Waals surface area contributed by atoms with E-state index in [0.717, 1.165) is 53.9 Å². The summed E-state index contributed by atoms with van der Waals surface area (Å²) in [6, 6.07) is 2.05. The van der Waals surface area contributed by atoms with E-state index in [4.69, 9.17) is 4.74 Å². The van der Waals surface area contributed by atoms with Gasteiger partial charge in [0.15, 0.2) is 5.78 Å². The lowest BCUT2D eigenvalue weighted by Crippen LogP contribution is -2.20. The Kier molecular flexibility index (Phi) is 5.44. The van der Waals surface area contributed by atoms with Gasteiger partial charge in [0.25, 0.3) is 0 Å². The Bertz CT molecular complexity index is 511. The molecule has 1 aromatic carbocycles. The molecule has 0 atom stereocenters. The molecule has 0 unspecified atom stereocenters. The summed E-state index contributed by atoms with van der Waals surface area (Å²) < 4.78 is 5.82. The van der Waals surface area contributed by atoms with Crippen LogP contribution >= 0.6 is 0 Å². The van der Waals surface area contributed by atoms with Gasteiger partial charge in [0.2, 0.25) is 0 Å². The van der Waals surface area contributed by atoms with Crippen molar-refractivity contribution >= 4 is 5.78 Å². The SMILES string of the molecule is CCCOc1cc(C)c(C(=O)C2CCCCC2)c(C)c1C. The number of carbonyl (C=O) groups is 1. The topological polar surface area (TPSA) is 26.3 Å². The number of ether oxygens (including phenoxy) is 1. The highest BCUT2D eigenvalue weighted by Gasteiger charge is 2.26. The highest BCUT2D eigenvalue weighted by atomic mass is 16.5. The largest absolute Gasteiger partial charge is 0.493 e. The predicted molar refractivity (Wildman–Crippen MR) is 87.3 cm³/mol. The van der Waals surface area contributed by atoms with E-state index in [2.05, 4.69) is 20.8 Å². The normalized spacial score (nSPS) is 16.0. The fourth-order valence-electron chi connectivity index (χ4n) is 3.36. The summed E-state index contributed by atoms with van der Waals surface area (Å²) in [6.45, 7) is 9.02. The molecule has 2 heteroatoms. The molecule has 0 heterocycles. The number of hydrogen-bond acceptors (Lipinski definition) is 2. The maximum absolute atomic E-state index is 12.9. The van der Waals surface area contributed by atoms with Crippen LogP contribution in [0.3, 0.4) is 0 Å². The molecule has 0 bridgehead atoms. The van der Waals surface area contributed by atoms with Crippen molar-refractivity contribution < 1.29 is 9.53 Å². The fourth-order valence-corrected chi connectivity index (χ4v) is 3.36. The number of ketones is 1. The molecular formula is C19H28O2. The summed E-state index contributed by atoms with van der Waals surface area (Å²) in [4.78, 5) is 12.9. The minimum atomic E-state index is 0.234. The van der Waals surface area contributed by atoms with Crippen molar-refractivity contribution in [1.29, 1.82) is 0 Å². The fraction of sp³-hybridized carbons (Fsp3) is 0.632. The first kappa shape index (κ1) is 16.1. The summed E-state index contributed by atoms with van der Waals surface area (Å²) in [5.74, 6) is 1.53. The van der Waals surface area contributed by atoms with Gasteiger partial charge in [-0.05, 0) is 62.8 Å². The molecule has 21 heavy (non-hydrogen) atoms. The Labute approximate surface area is 128 Å². The lowest BCUT2D eigenvalue weighted by atomic mass is 9.81. The third kappa shape index (κ3) is 3.48. The van der Waals surface area contributed by atoms with Crippen LogP contribution in [-0.4, -0.2) is 12.4 Å². The Morgan fingerprint density at radius 2 is 1.81 bits per heavy atom. The number of benzene rings is 1. The van der Waals surface area contributed by atoms with E-state index in [1.807, 2.05) is 13.0 Å². The molecule has 1 saturated carbocycles. The zero-order chi connectivity index (χ0) is 15.4. The highest BCUT2D eigenvalue weighted by molar-refractivity contribution is 6.01. The maximum Gasteiger partial charge on any atom is 0.166 e. The Morgan fingerprint density at radius 3 is 2.43 bits per heavy atom. The van der Waals surface area contributed by atoms with Crippen LogP contribution in [0.1, 0.15) is 72.5 Å². The van der Waals surface area contributed by atoms with Crippen LogP contribution in [-0.2, 0) is 0 Å². The third-order valence-corrected chi connectivity index (χ3v) is 4.73. The molecule has 1 aliphatic carbocycles. The van der Waals surface area contributed by atoms with Gasteiger partial charge in [-0.15, -0.1) is 0 Å². The van der Waals surface area contributed by atoms with Gasteiger partial charge in [-0.3, -0.25) is 4.79 Å². The number of hydrogen-bond donors (Lipinski definition) is 0. The van der Waals surface area contributed by atoms with E-state index in [1.165, 1.54) is 19.3 Å². The quantitative estimate of drug-likeness (QED) is 0.699. The second kappa shape index (κ2) is 7.11. The molecule has 2 nitrogen and oxygen atoms in total. The number of carbonyl (C=O) groups excluding carboxylic acids is 1. The first-order chi connectivity index (χ1) is 10.1. The Hall–Kier alpha value is -1.31. The minimum Gasteiger partial charge on any atom is -0.493 e. The molecule has 1 aliphatic rings. The van der Waals surface area contributed by atoms with Crippen LogP contribution in [0.15, 0.2) is 6.07 Å². The molecule has 0 spiro atoms. The lowest BCUT2D eigenvalue weighted by molar-refractivity contribution is 0.0888. The molecule has 1 aromatic rings.